The molecule has 17 heavy (non-hydrogen) atoms. The summed E-state index contributed by atoms with van der Waals surface area (Å²) in [5.74, 6) is 3.82. The molecule has 2 rings (SSSR count). The van der Waals surface area contributed by atoms with Gasteiger partial charge < -0.3 is 9.84 Å². The number of aromatic nitrogens is 1. The number of hydrogen-bond donors (Lipinski definition) is 1. The largest absolute Gasteiger partial charge is 0.495 e. The molecule has 0 amide bonds. The summed E-state index contributed by atoms with van der Waals surface area (Å²) in [6.45, 7) is 0. The van der Waals surface area contributed by atoms with Crippen molar-refractivity contribution in [3.8, 4) is 5.75 Å². The lowest BCUT2D eigenvalue weighted by Crippen LogP contribution is -2.13. The highest BCUT2D eigenvalue weighted by atomic mass is 32.2. The van der Waals surface area contributed by atoms with Crippen molar-refractivity contribution in [3.05, 3.63) is 24.0 Å². The van der Waals surface area contributed by atoms with E-state index in [1.54, 1.807) is 19.5 Å². The van der Waals surface area contributed by atoms with Crippen LogP contribution in [0.2, 0.25) is 0 Å². The van der Waals surface area contributed by atoms with E-state index in [2.05, 4.69) is 4.98 Å². The Morgan fingerprint density at radius 3 is 2.94 bits per heavy atom. The number of aliphatic hydroxyl groups is 1. The average molecular weight is 253 g/mol. The van der Waals surface area contributed by atoms with Crippen molar-refractivity contribution in [2.24, 2.45) is 5.92 Å². The van der Waals surface area contributed by atoms with Crippen molar-refractivity contribution in [2.75, 3.05) is 18.6 Å². The van der Waals surface area contributed by atoms with Crippen molar-refractivity contribution in [3.63, 3.8) is 0 Å². The quantitative estimate of drug-likeness (QED) is 0.896. The Bertz CT molecular complexity index is 353. The Labute approximate surface area is 107 Å². The zero-order valence-electron chi connectivity index (χ0n) is 10.1. The van der Waals surface area contributed by atoms with E-state index >= 15 is 0 Å². The summed E-state index contributed by atoms with van der Waals surface area (Å²) >= 11 is 2.01. The van der Waals surface area contributed by atoms with Crippen LogP contribution in [0, 0.1) is 5.92 Å². The van der Waals surface area contributed by atoms with Crippen molar-refractivity contribution in [1.29, 1.82) is 0 Å². The molecule has 1 N–H and O–H groups in total. The zero-order chi connectivity index (χ0) is 12.1. The Kier molecular flexibility index (Phi) is 4.68. The molecule has 0 radical (unpaired) electrons. The molecule has 0 aliphatic carbocycles. The first-order valence-corrected chi connectivity index (χ1v) is 7.20. The van der Waals surface area contributed by atoms with E-state index in [0.717, 1.165) is 12.0 Å². The van der Waals surface area contributed by atoms with Crippen LogP contribution in [0.1, 0.15) is 30.9 Å². The van der Waals surface area contributed by atoms with Crippen LogP contribution in [0.15, 0.2) is 18.5 Å². The molecule has 1 aromatic rings. The van der Waals surface area contributed by atoms with Gasteiger partial charge in [-0.2, -0.15) is 11.8 Å². The molecule has 2 heterocycles. The Balaban J connectivity index is 1.95. The zero-order valence-corrected chi connectivity index (χ0v) is 10.9. The van der Waals surface area contributed by atoms with Gasteiger partial charge in [-0.05, 0) is 42.8 Å². The van der Waals surface area contributed by atoms with Crippen LogP contribution in [0.3, 0.4) is 0 Å². The van der Waals surface area contributed by atoms with Crippen molar-refractivity contribution < 1.29 is 9.84 Å². The Hall–Kier alpha value is -0.740. The van der Waals surface area contributed by atoms with Crippen LogP contribution >= 0.6 is 11.8 Å². The van der Waals surface area contributed by atoms with Gasteiger partial charge in [0, 0.05) is 11.8 Å². The fourth-order valence-electron chi connectivity index (χ4n) is 2.16. The van der Waals surface area contributed by atoms with E-state index < -0.39 is 6.10 Å². The first-order valence-electron chi connectivity index (χ1n) is 6.04. The van der Waals surface area contributed by atoms with Gasteiger partial charge in [0.05, 0.1) is 19.4 Å². The second-order valence-corrected chi connectivity index (χ2v) is 5.69. The topological polar surface area (TPSA) is 42.4 Å². The molecule has 1 unspecified atom stereocenters. The molecule has 0 spiro atoms. The Morgan fingerprint density at radius 1 is 1.47 bits per heavy atom. The molecule has 1 aliphatic heterocycles. The molecular formula is C13H19NO2S. The van der Waals surface area contributed by atoms with Gasteiger partial charge in [0.2, 0.25) is 0 Å². The molecule has 1 saturated heterocycles. The van der Waals surface area contributed by atoms with Gasteiger partial charge in [-0.3, -0.25) is 4.98 Å². The number of rotatable bonds is 4. The lowest BCUT2D eigenvalue weighted by atomic mass is 9.93. The maximum Gasteiger partial charge on any atom is 0.137 e. The minimum Gasteiger partial charge on any atom is -0.495 e. The monoisotopic (exact) mass is 253 g/mol. The third-order valence-corrected chi connectivity index (χ3v) is 4.30. The van der Waals surface area contributed by atoms with Crippen LogP contribution in [-0.4, -0.2) is 28.7 Å². The predicted octanol–water partition coefficient (Wildman–Crippen LogP) is 2.66. The highest BCUT2D eigenvalue weighted by Crippen LogP contribution is 2.31. The minimum absolute atomic E-state index is 0.411. The van der Waals surface area contributed by atoms with Gasteiger partial charge in [-0.15, -0.1) is 0 Å². The number of thioether (sulfide) groups is 1. The molecule has 0 bridgehead atoms. The van der Waals surface area contributed by atoms with Gasteiger partial charge in [0.1, 0.15) is 5.75 Å². The van der Waals surface area contributed by atoms with Crippen LogP contribution in [-0.2, 0) is 0 Å². The predicted molar refractivity (Wildman–Crippen MR) is 70.4 cm³/mol. The number of aliphatic hydroxyl groups excluding tert-OH is 1. The molecule has 4 heteroatoms. The van der Waals surface area contributed by atoms with Crippen LogP contribution in [0.4, 0.5) is 0 Å². The summed E-state index contributed by atoms with van der Waals surface area (Å²) in [5.41, 5.74) is 0.863. The van der Waals surface area contributed by atoms with E-state index in [1.165, 1.54) is 24.3 Å². The molecule has 1 fully saturated rings. The summed E-state index contributed by atoms with van der Waals surface area (Å²) in [7, 11) is 1.62. The van der Waals surface area contributed by atoms with E-state index in [0.29, 0.717) is 11.7 Å². The molecule has 1 aliphatic rings. The third kappa shape index (κ3) is 3.61. The first-order chi connectivity index (χ1) is 8.29. The molecule has 1 aromatic heterocycles. The van der Waals surface area contributed by atoms with Crippen molar-refractivity contribution >= 4 is 11.8 Å². The van der Waals surface area contributed by atoms with Crippen LogP contribution < -0.4 is 4.74 Å². The lowest BCUT2D eigenvalue weighted by molar-refractivity contribution is 0.140. The van der Waals surface area contributed by atoms with Gasteiger partial charge in [-0.25, -0.2) is 0 Å². The summed E-state index contributed by atoms with van der Waals surface area (Å²) in [5, 5.41) is 10.2. The molecular weight excluding hydrogens is 234 g/mol. The number of nitrogens with zero attached hydrogens (tertiary/aromatic N) is 1. The minimum atomic E-state index is -0.411. The molecule has 0 saturated carbocycles. The first kappa shape index (κ1) is 12.7. The van der Waals surface area contributed by atoms with Gasteiger partial charge in [0.15, 0.2) is 0 Å². The molecule has 0 aromatic carbocycles. The smallest absolute Gasteiger partial charge is 0.137 e. The molecule has 1 atom stereocenters. The summed E-state index contributed by atoms with van der Waals surface area (Å²) in [6.07, 6.45) is 6.26. The highest BCUT2D eigenvalue weighted by molar-refractivity contribution is 7.99. The lowest BCUT2D eigenvalue weighted by Gasteiger charge is -2.23. The average Bonchev–Trinajstić information content (AvgIpc) is 2.40. The molecule has 94 valence electrons. The standard InChI is InChI=1S/C13H19NO2S/c1-16-12-7-11(8-14-9-12)13(15)6-10-2-4-17-5-3-10/h7-10,13,15H,2-6H2,1H3. The second kappa shape index (κ2) is 6.26. The summed E-state index contributed by atoms with van der Waals surface area (Å²) in [6, 6.07) is 1.87. The number of methoxy groups -OCH3 is 1. The fraction of sp³-hybridized carbons (Fsp3) is 0.615. The van der Waals surface area contributed by atoms with E-state index in [-0.39, 0.29) is 0 Å². The maximum absolute atomic E-state index is 10.2. The van der Waals surface area contributed by atoms with E-state index in [9.17, 15) is 5.11 Å². The van der Waals surface area contributed by atoms with Crippen LogP contribution in [0.25, 0.3) is 0 Å². The van der Waals surface area contributed by atoms with Gasteiger partial charge >= 0.3 is 0 Å². The van der Waals surface area contributed by atoms with E-state index in [4.69, 9.17) is 4.74 Å². The number of hydrogen-bond acceptors (Lipinski definition) is 4. The summed E-state index contributed by atoms with van der Waals surface area (Å²) < 4.78 is 5.12. The SMILES string of the molecule is COc1cncc(C(O)CC2CCSCC2)c1. The van der Waals surface area contributed by atoms with Gasteiger partial charge in [0.25, 0.3) is 0 Å². The third-order valence-electron chi connectivity index (χ3n) is 3.25. The van der Waals surface area contributed by atoms with E-state index in [1.807, 2.05) is 17.8 Å². The fourth-order valence-corrected chi connectivity index (χ4v) is 3.37. The number of ether oxygens (including phenoxy) is 1. The van der Waals surface area contributed by atoms with Crippen molar-refractivity contribution in [1.82, 2.24) is 4.98 Å². The van der Waals surface area contributed by atoms with Crippen molar-refractivity contribution in [2.45, 2.75) is 25.4 Å². The van der Waals surface area contributed by atoms with Crippen LogP contribution in [0.5, 0.6) is 5.75 Å². The number of pyridine rings is 1. The second-order valence-electron chi connectivity index (χ2n) is 4.47. The van der Waals surface area contributed by atoms with Gasteiger partial charge in [-0.1, -0.05) is 0 Å². The molecule has 3 nitrogen and oxygen atoms in total. The highest BCUT2D eigenvalue weighted by Gasteiger charge is 2.19. The maximum atomic E-state index is 10.2. The Morgan fingerprint density at radius 2 is 2.24 bits per heavy atom. The normalized spacial score (nSPS) is 18.9. The summed E-state index contributed by atoms with van der Waals surface area (Å²) in [4.78, 5) is 4.08.